The molecule has 3 N–H and O–H groups in total. The maximum atomic E-state index is 14.0. The zero-order valence-electron chi connectivity index (χ0n) is 25.1. The third-order valence-electron chi connectivity index (χ3n) is 8.83. The van der Waals surface area contributed by atoms with Gasteiger partial charge in [0, 0.05) is 41.3 Å². The van der Waals surface area contributed by atoms with Crippen LogP contribution in [-0.2, 0) is 16.4 Å². The Morgan fingerprint density at radius 1 is 1.13 bits per heavy atom. The van der Waals surface area contributed by atoms with Crippen molar-refractivity contribution in [3.05, 3.63) is 81.1 Å². The number of carbonyl (C=O) groups is 2. The number of hydrogen-bond donors (Lipinski definition) is 3. The second-order valence-electron chi connectivity index (χ2n) is 12.1. The van der Waals surface area contributed by atoms with E-state index in [4.69, 9.17) is 0 Å². The number of aliphatic hydroxyl groups excluding tert-OH is 1. The lowest BCUT2D eigenvalue weighted by Gasteiger charge is -2.29. The number of nitrogens with zero attached hydrogens (tertiary/aromatic N) is 3. The SMILES string of the molecule is Cc1csc([C@H]2CCCN2C(=O)c2cc(C(=O)N[C@@H](Cc3cccc(F)c3)[C@H](O)[C@H]3CCCN3)cc(N3CCCS3(=O)=O)c2)n1. The number of carbonyl (C=O) groups excluding carboxylic acids is 2. The fraction of sp³-hybridized carbons (Fsp3) is 0.469. The Morgan fingerprint density at radius 3 is 2.64 bits per heavy atom. The standard InChI is InChI=1S/C32H38FN5O5S2/c1-20-19-44-31(35-20)28-9-4-11-37(28)32(41)23-16-22(17-25(18-23)38-12-5-13-45(38,42)43)30(40)36-27(29(39)26-8-3-10-34-26)15-21-6-2-7-24(33)14-21/h2,6-7,14,16-19,26-29,34,39H,3-5,8-13,15H2,1H3,(H,36,40)/t26-,27+,28-,29-/m1/s1. The monoisotopic (exact) mass is 655 g/mol. The first-order valence-corrected chi connectivity index (χ1v) is 17.9. The summed E-state index contributed by atoms with van der Waals surface area (Å²) < 4.78 is 41.1. The summed E-state index contributed by atoms with van der Waals surface area (Å²) in [7, 11) is -3.60. The Hall–Kier alpha value is -3.39. The number of aromatic nitrogens is 1. The van der Waals surface area contributed by atoms with Gasteiger partial charge in [-0.05, 0) is 87.9 Å². The molecule has 3 aliphatic rings. The molecule has 3 saturated heterocycles. The van der Waals surface area contributed by atoms with Crippen LogP contribution in [0.1, 0.15) is 75.1 Å². The number of sulfonamides is 1. The number of aliphatic hydroxyl groups is 1. The Morgan fingerprint density at radius 2 is 1.96 bits per heavy atom. The van der Waals surface area contributed by atoms with E-state index in [1.54, 1.807) is 23.1 Å². The molecule has 10 nitrogen and oxygen atoms in total. The van der Waals surface area contributed by atoms with E-state index in [9.17, 15) is 27.5 Å². The van der Waals surface area contributed by atoms with Crippen LogP contribution in [0.25, 0.3) is 0 Å². The van der Waals surface area contributed by atoms with Crippen LogP contribution in [0.15, 0.2) is 47.8 Å². The van der Waals surface area contributed by atoms with Crippen LogP contribution in [0, 0.1) is 12.7 Å². The first kappa shape index (κ1) is 31.6. The number of thiazole rings is 1. The quantitative estimate of drug-likeness (QED) is 0.321. The van der Waals surface area contributed by atoms with Crippen molar-refractivity contribution in [2.45, 2.75) is 69.7 Å². The van der Waals surface area contributed by atoms with Crippen molar-refractivity contribution >= 4 is 38.9 Å². The molecule has 45 heavy (non-hydrogen) atoms. The number of likely N-dealkylation sites (tertiary alicyclic amines) is 1. The van der Waals surface area contributed by atoms with Gasteiger partial charge in [-0.15, -0.1) is 11.3 Å². The topological polar surface area (TPSA) is 132 Å². The smallest absolute Gasteiger partial charge is 0.254 e. The van der Waals surface area contributed by atoms with Gasteiger partial charge in [0.15, 0.2) is 0 Å². The van der Waals surface area contributed by atoms with E-state index < -0.39 is 33.9 Å². The Labute approximate surface area is 266 Å². The van der Waals surface area contributed by atoms with Crippen molar-refractivity contribution in [2.24, 2.45) is 0 Å². The van der Waals surface area contributed by atoms with Gasteiger partial charge in [-0.25, -0.2) is 17.8 Å². The number of benzene rings is 2. The molecule has 0 bridgehead atoms. The van der Waals surface area contributed by atoms with E-state index in [-0.39, 0.29) is 53.5 Å². The number of aryl methyl sites for hydroxylation is 1. The summed E-state index contributed by atoms with van der Waals surface area (Å²) in [6.07, 6.45) is 2.84. The first-order valence-electron chi connectivity index (χ1n) is 15.4. The van der Waals surface area contributed by atoms with Gasteiger partial charge in [-0.1, -0.05) is 12.1 Å². The molecule has 0 unspecified atom stereocenters. The summed E-state index contributed by atoms with van der Waals surface area (Å²) in [6.45, 7) is 3.43. The van der Waals surface area contributed by atoms with Crippen LogP contribution in [-0.4, -0.2) is 78.8 Å². The highest BCUT2D eigenvalue weighted by Gasteiger charge is 2.36. The van der Waals surface area contributed by atoms with Crippen molar-refractivity contribution in [1.29, 1.82) is 0 Å². The molecule has 240 valence electrons. The minimum Gasteiger partial charge on any atom is -0.389 e. The highest BCUT2D eigenvalue weighted by Crippen LogP contribution is 2.36. The van der Waals surface area contributed by atoms with Gasteiger partial charge in [0.1, 0.15) is 10.8 Å². The van der Waals surface area contributed by atoms with Gasteiger partial charge in [0.25, 0.3) is 11.8 Å². The third-order valence-corrected chi connectivity index (χ3v) is 11.8. The predicted molar refractivity (Wildman–Crippen MR) is 170 cm³/mol. The van der Waals surface area contributed by atoms with Crippen LogP contribution >= 0.6 is 11.3 Å². The largest absolute Gasteiger partial charge is 0.389 e. The Kier molecular flexibility index (Phi) is 9.23. The molecule has 6 rings (SSSR count). The second-order valence-corrected chi connectivity index (χ2v) is 15.0. The van der Waals surface area contributed by atoms with Gasteiger partial charge in [-0.3, -0.25) is 13.9 Å². The summed E-state index contributed by atoms with van der Waals surface area (Å²) in [5.41, 5.74) is 2.07. The number of halogens is 1. The molecule has 4 heterocycles. The van der Waals surface area contributed by atoms with Gasteiger partial charge in [0.2, 0.25) is 10.0 Å². The summed E-state index contributed by atoms with van der Waals surface area (Å²) in [5, 5.41) is 20.3. The number of nitrogens with one attached hydrogen (secondary N) is 2. The molecule has 0 spiro atoms. The van der Waals surface area contributed by atoms with Crippen LogP contribution in [0.4, 0.5) is 10.1 Å². The summed E-state index contributed by atoms with van der Waals surface area (Å²) in [4.78, 5) is 34.3. The lowest BCUT2D eigenvalue weighted by Crippen LogP contribution is -2.52. The molecule has 13 heteroatoms. The average molecular weight is 656 g/mol. The summed E-state index contributed by atoms with van der Waals surface area (Å²) in [5.74, 6) is -1.29. The van der Waals surface area contributed by atoms with Gasteiger partial charge >= 0.3 is 0 Å². The Balaban J connectivity index is 1.33. The van der Waals surface area contributed by atoms with E-state index >= 15 is 0 Å². The molecule has 3 fully saturated rings. The number of anilines is 1. The molecular weight excluding hydrogens is 618 g/mol. The highest BCUT2D eigenvalue weighted by molar-refractivity contribution is 7.93. The third kappa shape index (κ3) is 6.91. The molecule has 1 aromatic heterocycles. The van der Waals surface area contributed by atoms with Crippen LogP contribution in [0.5, 0.6) is 0 Å². The van der Waals surface area contributed by atoms with Crippen molar-refractivity contribution in [3.63, 3.8) is 0 Å². The fourth-order valence-corrected chi connectivity index (χ4v) is 9.10. The summed E-state index contributed by atoms with van der Waals surface area (Å²) in [6, 6.07) is 9.34. The molecule has 3 aliphatic heterocycles. The first-order chi connectivity index (χ1) is 21.6. The fourth-order valence-electron chi connectivity index (χ4n) is 6.61. The van der Waals surface area contributed by atoms with Crippen molar-refractivity contribution < 1.29 is 27.5 Å². The number of amides is 2. The minimum atomic E-state index is -3.60. The normalized spacial score (nSPS) is 22.5. The van der Waals surface area contributed by atoms with Crippen molar-refractivity contribution in [2.75, 3.05) is 29.7 Å². The molecule has 0 saturated carbocycles. The zero-order chi connectivity index (χ0) is 31.7. The van der Waals surface area contributed by atoms with E-state index in [0.29, 0.717) is 18.5 Å². The molecule has 2 aromatic carbocycles. The maximum Gasteiger partial charge on any atom is 0.254 e. The van der Waals surface area contributed by atoms with E-state index in [0.717, 1.165) is 42.9 Å². The number of hydrogen-bond acceptors (Lipinski definition) is 8. The van der Waals surface area contributed by atoms with Gasteiger partial charge < -0.3 is 20.6 Å². The molecule has 2 amide bonds. The molecular formula is C32H38FN5O5S2. The molecule has 0 radical (unpaired) electrons. The van der Waals surface area contributed by atoms with Gasteiger partial charge in [-0.2, -0.15) is 0 Å². The van der Waals surface area contributed by atoms with Crippen LogP contribution < -0.4 is 14.9 Å². The van der Waals surface area contributed by atoms with E-state index in [1.165, 1.54) is 39.9 Å². The highest BCUT2D eigenvalue weighted by atomic mass is 32.2. The average Bonchev–Trinajstić information content (AvgIpc) is 3.83. The van der Waals surface area contributed by atoms with E-state index in [2.05, 4.69) is 15.6 Å². The zero-order valence-corrected chi connectivity index (χ0v) is 26.7. The van der Waals surface area contributed by atoms with Crippen molar-refractivity contribution in [3.8, 4) is 0 Å². The lowest BCUT2D eigenvalue weighted by molar-refractivity contribution is 0.0733. The number of rotatable bonds is 9. The van der Waals surface area contributed by atoms with Crippen molar-refractivity contribution in [1.82, 2.24) is 20.5 Å². The molecule has 0 aliphatic carbocycles. The second kappa shape index (κ2) is 13.1. The van der Waals surface area contributed by atoms with Gasteiger partial charge in [0.05, 0.1) is 29.6 Å². The Bertz CT molecular complexity index is 1680. The van der Waals surface area contributed by atoms with Crippen LogP contribution in [0.3, 0.4) is 0 Å². The lowest BCUT2D eigenvalue weighted by atomic mass is 9.95. The maximum absolute atomic E-state index is 14.0. The minimum absolute atomic E-state index is 0.0133. The molecule has 3 aromatic rings. The molecule has 4 atom stereocenters. The van der Waals surface area contributed by atoms with Crippen LogP contribution in [0.2, 0.25) is 0 Å². The predicted octanol–water partition coefficient (Wildman–Crippen LogP) is 3.56. The van der Waals surface area contributed by atoms with E-state index in [1.807, 2.05) is 12.3 Å². The summed E-state index contributed by atoms with van der Waals surface area (Å²) >= 11 is 1.51.